The largest absolute Gasteiger partial charge is 0.394 e. The average molecular weight is 291 g/mol. The van der Waals surface area contributed by atoms with Crippen LogP contribution in [-0.4, -0.2) is 53.3 Å². The van der Waals surface area contributed by atoms with Gasteiger partial charge in [-0.3, -0.25) is 4.79 Å². The first kappa shape index (κ1) is 13.5. The van der Waals surface area contributed by atoms with Crippen LogP contribution in [0.2, 0.25) is 10.2 Å². The Morgan fingerprint density at radius 3 is 3.11 bits per heavy atom. The molecule has 1 unspecified atom stereocenters. The van der Waals surface area contributed by atoms with E-state index in [1.807, 2.05) is 0 Å². The van der Waals surface area contributed by atoms with Crippen molar-refractivity contribution in [3.63, 3.8) is 0 Å². The Morgan fingerprint density at radius 2 is 2.39 bits per heavy atom. The lowest BCUT2D eigenvalue weighted by atomic mass is 10.2. The third-order valence-electron chi connectivity index (χ3n) is 2.68. The Bertz CT molecular complexity index is 456. The highest BCUT2D eigenvalue weighted by Crippen LogP contribution is 2.21. The van der Waals surface area contributed by atoms with Crippen molar-refractivity contribution in [1.82, 2.24) is 9.88 Å². The van der Waals surface area contributed by atoms with Gasteiger partial charge in [0.15, 0.2) is 0 Å². The Kier molecular flexibility index (Phi) is 4.40. The highest BCUT2D eigenvalue weighted by molar-refractivity contribution is 6.35. The number of hydrogen-bond donors (Lipinski definition) is 1. The van der Waals surface area contributed by atoms with Gasteiger partial charge in [-0.15, -0.1) is 0 Å². The van der Waals surface area contributed by atoms with Crippen LogP contribution >= 0.6 is 23.2 Å². The number of pyridine rings is 1. The van der Waals surface area contributed by atoms with E-state index in [9.17, 15) is 4.79 Å². The van der Waals surface area contributed by atoms with Gasteiger partial charge < -0.3 is 14.7 Å². The van der Waals surface area contributed by atoms with E-state index in [4.69, 9.17) is 33.0 Å². The van der Waals surface area contributed by atoms with Crippen molar-refractivity contribution in [2.45, 2.75) is 6.10 Å². The zero-order chi connectivity index (χ0) is 13.1. The molecule has 1 aliphatic heterocycles. The third kappa shape index (κ3) is 2.92. The molecule has 1 amide bonds. The first-order valence-corrected chi connectivity index (χ1v) is 6.20. The maximum absolute atomic E-state index is 12.3. The lowest BCUT2D eigenvalue weighted by molar-refractivity contribution is -0.0447. The Hall–Kier alpha value is -0.880. The summed E-state index contributed by atoms with van der Waals surface area (Å²) in [4.78, 5) is 17.6. The molecule has 1 fully saturated rings. The van der Waals surface area contributed by atoms with Crippen LogP contribution in [0.25, 0.3) is 0 Å². The number of nitrogens with zero attached hydrogens (tertiary/aromatic N) is 2. The summed E-state index contributed by atoms with van der Waals surface area (Å²) < 4.78 is 5.28. The highest BCUT2D eigenvalue weighted by atomic mass is 35.5. The Morgan fingerprint density at radius 1 is 1.61 bits per heavy atom. The quantitative estimate of drug-likeness (QED) is 0.832. The molecule has 7 heteroatoms. The lowest BCUT2D eigenvalue weighted by Gasteiger charge is -2.32. The molecule has 1 aromatic heterocycles. The second-order valence-corrected chi connectivity index (χ2v) is 4.71. The van der Waals surface area contributed by atoms with Crippen LogP contribution < -0.4 is 0 Å². The Balaban J connectivity index is 2.17. The van der Waals surface area contributed by atoms with Crippen LogP contribution in [0.3, 0.4) is 0 Å². The molecule has 0 aromatic carbocycles. The topological polar surface area (TPSA) is 62.7 Å². The Labute approximate surface area is 114 Å². The number of amides is 1. The normalized spacial score (nSPS) is 19.9. The number of hydrogen-bond acceptors (Lipinski definition) is 4. The van der Waals surface area contributed by atoms with Gasteiger partial charge in [-0.05, 0) is 6.07 Å². The average Bonchev–Trinajstić information content (AvgIpc) is 2.41. The number of carbonyl (C=O) groups excluding carboxylic acids is 1. The van der Waals surface area contributed by atoms with Gasteiger partial charge in [0.1, 0.15) is 5.15 Å². The minimum Gasteiger partial charge on any atom is -0.394 e. The summed E-state index contributed by atoms with van der Waals surface area (Å²) >= 11 is 11.7. The fraction of sp³-hybridized carbons (Fsp3) is 0.455. The number of carbonyl (C=O) groups is 1. The SMILES string of the molecule is O=C(c1cc(Cl)ncc1Cl)N1CCOC(CO)C1. The van der Waals surface area contributed by atoms with Crippen LogP contribution in [0.15, 0.2) is 12.3 Å². The summed E-state index contributed by atoms with van der Waals surface area (Å²) in [6, 6.07) is 1.44. The summed E-state index contributed by atoms with van der Waals surface area (Å²) in [5.74, 6) is -0.231. The minimum absolute atomic E-state index is 0.116. The molecule has 1 atom stereocenters. The summed E-state index contributed by atoms with van der Waals surface area (Å²) in [6.45, 7) is 1.08. The molecule has 0 radical (unpaired) electrons. The summed E-state index contributed by atoms with van der Waals surface area (Å²) in [7, 11) is 0. The molecule has 0 bridgehead atoms. The van der Waals surface area contributed by atoms with Crippen molar-refractivity contribution >= 4 is 29.1 Å². The van der Waals surface area contributed by atoms with Crippen LogP contribution in [0.5, 0.6) is 0 Å². The maximum Gasteiger partial charge on any atom is 0.255 e. The summed E-state index contributed by atoms with van der Waals surface area (Å²) in [5, 5.41) is 9.52. The molecule has 0 aliphatic carbocycles. The number of halogens is 2. The van der Waals surface area contributed by atoms with Crippen LogP contribution in [0, 0.1) is 0 Å². The predicted octanol–water partition coefficient (Wildman–Crippen LogP) is 1.22. The first-order valence-electron chi connectivity index (χ1n) is 5.44. The highest BCUT2D eigenvalue weighted by Gasteiger charge is 2.26. The minimum atomic E-state index is -0.348. The molecule has 2 rings (SSSR count). The molecule has 0 spiro atoms. The van der Waals surface area contributed by atoms with Gasteiger partial charge in [-0.2, -0.15) is 0 Å². The van der Waals surface area contributed by atoms with Gasteiger partial charge >= 0.3 is 0 Å². The molecule has 1 N–H and O–H groups in total. The molecule has 1 aromatic rings. The van der Waals surface area contributed by atoms with E-state index in [1.54, 1.807) is 4.90 Å². The molecular weight excluding hydrogens is 279 g/mol. The molecule has 1 saturated heterocycles. The summed E-state index contributed by atoms with van der Waals surface area (Å²) in [5.41, 5.74) is 0.315. The van der Waals surface area contributed by atoms with Crippen LogP contribution in [0.4, 0.5) is 0 Å². The van der Waals surface area contributed by atoms with E-state index < -0.39 is 0 Å². The van der Waals surface area contributed by atoms with Crippen LogP contribution in [0.1, 0.15) is 10.4 Å². The molecule has 18 heavy (non-hydrogen) atoms. The van der Waals surface area contributed by atoms with Crippen molar-refractivity contribution in [2.24, 2.45) is 0 Å². The van der Waals surface area contributed by atoms with Gasteiger partial charge in [0.05, 0.1) is 29.9 Å². The van der Waals surface area contributed by atoms with Gasteiger partial charge in [-0.1, -0.05) is 23.2 Å². The van der Waals surface area contributed by atoms with E-state index in [0.29, 0.717) is 25.3 Å². The fourth-order valence-corrected chi connectivity index (χ4v) is 2.10. The van der Waals surface area contributed by atoms with Gasteiger partial charge in [-0.25, -0.2) is 4.98 Å². The number of rotatable bonds is 2. The molecule has 2 heterocycles. The number of morpholine rings is 1. The summed E-state index contributed by atoms with van der Waals surface area (Å²) in [6.07, 6.45) is 1.000. The number of aliphatic hydroxyl groups is 1. The molecule has 1 aliphatic rings. The maximum atomic E-state index is 12.3. The zero-order valence-corrected chi connectivity index (χ0v) is 11.0. The van der Waals surface area contributed by atoms with Gasteiger partial charge in [0.25, 0.3) is 5.91 Å². The monoisotopic (exact) mass is 290 g/mol. The van der Waals surface area contributed by atoms with Crippen molar-refractivity contribution in [3.05, 3.63) is 28.0 Å². The lowest BCUT2D eigenvalue weighted by Crippen LogP contribution is -2.47. The van der Waals surface area contributed by atoms with E-state index in [0.717, 1.165) is 0 Å². The van der Waals surface area contributed by atoms with E-state index in [2.05, 4.69) is 4.98 Å². The van der Waals surface area contributed by atoms with E-state index in [-0.39, 0.29) is 28.8 Å². The number of ether oxygens (including phenoxy) is 1. The third-order valence-corrected chi connectivity index (χ3v) is 3.19. The number of aromatic nitrogens is 1. The van der Waals surface area contributed by atoms with Crippen LogP contribution in [-0.2, 0) is 4.74 Å². The van der Waals surface area contributed by atoms with Gasteiger partial charge in [0, 0.05) is 19.3 Å². The smallest absolute Gasteiger partial charge is 0.255 e. The molecule has 0 saturated carbocycles. The fourth-order valence-electron chi connectivity index (χ4n) is 1.76. The van der Waals surface area contributed by atoms with Crippen molar-refractivity contribution < 1.29 is 14.6 Å². The van der Waals surface area contributed by atoms with Gasteiger partial charge in [0.2, 0.25) is 0 Å². The zero-order valence-electron chi connectivity index (χ0n) is 9.47. The standard InChI is InChI=1S/C11H12Cl2N2O3/c12-9-4-14-10(13)3-8(9)11(17)15-1-2-18-7(5-15)6-16/h3-4,7,16H,1-2,5-6H2. The molecular formula is C11H12Cl2N2O3. The van der Waals surface area contributed by atoms with Crippen molar-refractivity contribution in [3.8, 4) is 0 Å². The molecule has 98 valence electrons. The predicted molar refractivity (Wildman–Crippen MR) is 67.0 cm³/mol. The van der Waals surface area contributed by atoms with E-state index in [1.165, 1.54) is 12.3 Å². The molecule has 5 nitrogen and oxygen atoms in total. The second-order valence-electron chi connectivity index (χ2n) is 3.91. The van der Waals surface area contributed by atoms with Crippen molar-refractivity contribution in [2.75, 3.05) is 26.3 Å². The number of aliphatic hydroxyl groups excluding tert-OH is 1. The van der Waals surface area contributed by atoms with Crippen molar-refractivity contribution in [1.29, 1.82) is 0 Å². The van der Waals surface area contributed by atoms with E-state index >= 15 is 0 Å². The first-order chi connectivity index (χ1) is 8.61. The second kappa shape index (κ2) is 5.84.